The van der Waals surface area contributed by atoms with Crippen molar-refractivity contribution in [2.75, 3.05) is 12.4 Å². The predicted octanol–water partition coefficient (Wildman–Crippen LogP) is 3.58. The molecule has 1 aromatic rings. The second kappa shape index (κ2) is 7.56. The lowest BCUT2D eigenvalue weighted by molar-refractivity contribution is 0.415. The first kappa shape index (κ1) is 13.4. The molecule has 3 heteroatoms. The number of unbranched alkanes of at least 4 members (excludes halogenated alkanes) is 2. The highest BCUT2D eigenvalue weighted by molar-refractivity contribution is 5.48. The van der Waals surface area contributed by atoms with Crippen LogP contribution < -0.4 is 10.1 Å². The molecule has 0 aliphatic carbocycles. The lowest BCUT2D eigenvalue weighted by Crippen LogP contribution is -2.16. The Morgan fingerprint density at radius 2 is 2.00 bits per heavy atom. The van der Waals surface area contributed by atoms with Crippen LogP contribution in [0.5, 0.6) is 5.75 Å². The van der Waals surface area contributed by atoms with Crippen LogP contribution in [0.3, 0.4) is 0 Å². The molecule has 1 aromatic carbocycles. The Kier molecular flexibility index (Phi) is 5.95. The number of nitrogens with zero attached hydrogens (tertiary/aromatic N) is 1. The third kappa shape index (κ3) is 4.78. The quantitative estimate of drug-likeness (QED) is 0.731. The van der Waals surface area contributed by atoms with Crippen molar-refractivity contribution < 1.29 is 4.74 Å². The lowest BCUT2D eigenvalue weighted by Gasteiger charge is -2.12. The number of benzene rings is 1. The fourth-order valence-corrected chi connectivity index (χ4v) is 1.66. The van der Waals surface area contributed by atoms with Gasteiger partial charge >= 0.3 is 0 Å². The topological polar surface area (TPSA) is 45.0 Å². The van der Waals surface area contributed by atoms with Gasteiger partial charge < -0.3 is 10.1 Å². The highest BCUT2D eigenvalue weighted by Gasteiger charge is 2.06. The van der Waals surface area contributed by atoms with Gasteiger partial charge in [0.1, 0.15) is 11.8 Å². The molecule has 1 atom stereocenters. The molecule has 0 saturated heterocycles. The van der Waals surface area contributed by atoms with Crippen LogP contribution in [-0.2, 0) is 0 Å². The maximum atomic E-state index is 9.05. The fourth-order valence-electron chi connectivity index (χ4n) is 1.66. The van der Waals surface area contributed by atoms with Gasteiger partial charge in [0.15, 0.2) is 0 Å². The van der Waals surface area contributed by atoms with Crippen molar-refractivity contribution in [1.82, 2.24) is 0 Å². The van der Waals surface area contributed by atoms with Crippen molar-refractivity contribution >= 4 is 5.69 Å². The van der Waals surface area contributed by atoms with E-state index in [-0.39, 0.29) is 6.04 Å². The number of anilines is 1. The average Bonchev–Trinajstić information content (AvgIpc) is 2.38. The van der Waals surface area contributed by atoms with Crippen LogP contribution in [0.25, 0.3) is 0 Å². The molecule has 0 aromatic heterocycles. The molecule has 17 heavy (non-hydrogen) atoms. The normalized spacial score (nSPS) is 11.6. The largest absolute Gasteiger partial charge is 0.497 e. The van der Waals surface area contributed by atoms with Gasteiger partial charge in [-0.3, -0.25) is 0 Å². The van der Waals surface area contributed by atoms with Crippen LogP contribution in [0.2, 0.25) is 0 Å². The predicted molar refractivity (Wildman–Crippen MR) is 70.2 cm³/mol. The number of ether oxygens (including phenoxy) is 1. The summed E-state index contributed by atoms with van der Waals surface area (Å²) in [6.45, 7) is 2.16. The molecule has 1 unspecified atom stereocenters. The zero-order valence-corrected chi connectivity index (χ0v) is 10.6. The number of nitriles is 1. The SMILES string of the molecule is CCCCCC(C#N)Nc1ccc(OC)cc1. The number of nitrogens with one attached hydrogen (secondary N) is 1. The van der Waals surface area contributed by atoms with E-state index in [1.165, 1.54) is 12.8 Å². The standard InChI is InChI=1S/C14H20N2O/c1-3-4-5-6-13(11-15)16-12-7-9-14(17-2)10-8-12/h7-10,13,16H,3-6H2,1-2H3. The minimum Gasteiger partial charge on any atom is -0.497 e. The summed E-state index contributed by atoms with van der Waals surface area (Å²) < 4.78 is 5.09. The molecule has 0 aliphatic heterocycles. The fraction of sp³-hybridized carbons (Fsp3) is 0.500. The molecule has 0 saturated carbocycles. The molecule has 1 N–H and O–H groups in total. The monoisotopic (exact) mass is 232 g/mol. The molecule has 0 bridgehead atoms. The van der Waals surface area contributed by atoms with E-state index in [9.17, 15) is 0 Å². The second-order valence-corrected chi connectivity index (χ2v) is 4.05. The molecule has 0 fully saturated rings. The van der Waals surface area contributed by atoms with Gasteiger partial charge in [0.2, 0.25) is 0 Å². The Labute approximate surface area is 103 Å². The van der Waals surface area contributed by atoms with Crippen LogP contribution in [0.1, 0.15) is 32.6 Å². The van der Waals surface area contributed by atoms with E-state index in [4.69, 9.17) is 10.00 Å². The molecule has 1 rings (SSSR count). The van der Waals surface area contributed by atoms with Crippen molar-refractivity contribution in [3.05, 3.63) is 24.3 Å². The molecular formula is C14H20N2O. The van der Waals surface area contributed by atoms with Gasteiger partial charge in [0.05, 0.1) is 13.2 Å². The van der Waals surface area contributed by atoms with Crippen LogP contribution in [0, 0.1) is 11.3 Å². The zero-order valence-electron chi connectivity index (χ0n) is 10.6. The molecular weight excluding hydrogens is 212 g/mol. The summed E-state index contributed by atoms with van der Waals surface area (Å²) in [5, 5.41) is 12.3. The number of hydrogen-bond acceptors (Lipinski definition) is 3. The summed E-state index contributed by atoms with van der Waals surface area (Å²) in [5.41, 5.74) is 0.967. The lowest BCUT2D eigenvalue weighted by atomic mass is 10.1. The Morgan fingerprint density at radius 1 is 1.29 bits per heavy atom. The first-order valence-electron chi connectivity index (χ1n) is 6.10. The molecule has 0 amide bonds. The van der Waals surface area contributed by atoms with Gasteiger partial charge in [-0.25, -0.2) is 0 Å². The molecule has 0 radical (unpaired) electrons. The minimum atomic E-state index is -0.102. The first-order chi connectivity index (χ1) is 8.30. The van der Waals surface area contributed by atoms with Crippen molar-refractivity contribution in [2.45, 2.75) is 38.6 Å². The van der Waals surface area contributed by atoms with E-state index in [0.29, 0.717) is 0 Å². The van der Waals surface area contributed by atoms with E-state index < -0.39 is 0 Å². The first-order valence-corrected chi connectivity index (χ1v) is 6.10. The molecule has 0 aliphatic rings. The molecule has 0 heterocycles. The highest BCUT2D eigenvalue weighted by Crippen LogP contribution is 2.17. The van der Waals surface area contributed by atoms with Gasteiger partial charge in [-0.1, -0.05) is 26.2 Å². The number of methoxy groups -OCH3 is 1. The second-order valence-electron chi connectivity index (χ2n) is 4.05. The maximum Gasteiger partial charge on any atom is 0.119 e. The van der Waals surface area contributed by atoms with Gasteiger partial charge in [-0.05, 0) is 30.7 Å². The summed E-state index contributed by atoms with van der Waals surface area (Å²) >= 11 is 0. The van der Waals surface area contributed by atoms with E-state index in [1.807, 2.05) is 24.3 Å². The maximum absolute atomic E-state index is 9.05. The minimum absolute atomic E-state index is 0.102. The van der Waals surface area contributed by atoms with E-state index in [0.717, 1.165) is 24.3 Å². The van der Waals surface area contributed by atoms with Gasteiger partial charge in [-0.15, -0.1) is 0 Å². The Balaban J connectivity index is 2.46. The summed E-state index contributed by atoms with van der Waals surface area (Å²) in [4.78, 5) is 0. The van der Waals surface area contributed by atoms with Gasteiger partial charge in [0, 0.05) is 5.69 Å². The van der Waals surface area contributed by atoms with Gasteiger partial charge in [0.25, 0.3) is 0 Å². The summed E-state index contributed by atoms with van der Waals surface area (Å²) in [7, 11) is 1.64. The third-order valence-electron chi connectivity index (χ3n) is 2.68. The number of hydrogen-bond donors (Lipinski definition) is 1. The Hall–Kier alpha value is -1.69. The van der Waals surface area contributed by atoms with Crippen molar-refractivity contribution in [3.8, 4) is 11.8 Å². The van der Waals surface area contributed by atoms with Crippen LogP contribution in [-0.4, -0.2) is 13.2 Å². The average molecular weight is 232 g/mol. The smallest absolute Gasteiger partial charge is 0.119 e. The molecule has 92 valence electrons. The van der Waals surface area contributed by atoms with Crippen molar-refractivity contribution in [1.29, 1.82) is 5.26 Å². The van der Waals surface area contributed by atoms with Crippen LogP contribution in [0.4, 0.5) is 5.69 Å². The summed E-state index contributed by atoms with van der Waals surface area (Å²) in [6.07, 6.45) is 4.36. The van der Waals surface area contributed by atoms with E-state index in [2.05, 4.69) is 18.3 Å². The zero-order chi connectivity index (χ0) is 12.5. The van der Waals surface area contributed by atoms with E-state index in [1.54, 1.807) is 7.11 Å². The van der Waals surface area contributed by atoms with Gasteiger partial charge in [-0.2, -0.15) is 5.26 Å². The molecule has 0 spiro atoms. The Morgan fingerprint density at radius 3 is 2.53 bits per heavy atom. The van der Waals surface area contributed by atoms with Crippen molar-refractivity contribution in [3.63, 3.8) is 0 Å². The Bertz CT molecular complexity index is 353. The summed E-state index contributed by atoms with van der Waals surface area (Å²) in [6, 6.07) is 9.84. The number of rotatable bonds is 7. The van der Waals surface area contributed by atoms with Crippen LogP contribution in [0.15, 0.2) is 24.3 Å². The third-order valence-corrected chi connectivity index (χ3v) is 2.68. The van der Waals surface area contributed by atoms with E-state index >= 15 is 0 Å². The van der Waals surface area contributed by atoms with Crippen molar-refractivity contribution in [2.24, 2.45) is 0 Å². The molecule has 3 nitrogen and oxygen atoms in total. The highest BCUT2D eigenvalue weighted by atomic mass is 16.5. The van der Waals surface area contributed by atoms with Crippen LogP contribution >= 0.6 is 0 Å². The summed E-state index contributed by atoms with van der Waals surface area (Å²) in [5.74, 6) is 0.829.